The molecule has 0 bridgehead atoms. The summed E-state index contributed by atoms with van der Waals surface area (Å²) in [5, 5.41) is 12.0. The topological polar surface area (TPSA) is 57.6 Å². The molecule has 2 aromatic rings. The van der Waals surface area contributed by atoms with E-state index in [2.05, 4.69) is 0 Å². The Balaban J connectivity index is 1.99. The van der Waals surface area contributed by atoms with Gasteiger partial charge in [-0.25, -0.2) is 0 Å². The molecule has 1 aliphatic heterocycles. The molecule has 25 heavy (non-hydrogen) atoms. The predicted octanol–water partition coefficient (Wildman–Crippen LogP) is 4.21. The second-order valence-electron chi connectivity index (χ2n) is 6.09. The number of nitrogens with zero attached hydrogens (tertiary/aromatic N) is 1. The quantitative estimate of drug-likeness (QED) is 0.793. The SMILES string of the molecule is CCCN1C(=O)C(O)(CC(=O)c2ccc(Cl)cc2)c2cc(Cl)ccc21. The van der Waals surface area contributed by atoms with Gasteiger partial charge in [-0.05, 0) is 48.9 Å². The highest BCUT2D eigenvalue weighted by molar-refractivity contribution is 6.31. The van der Waals surface area contributed by atoms with Crippen LogP contribution in [0.1, 0.15) is 35.7 Å². The van der Waals surface area contributed by atoms with Crippen molar-refractivity contribution in [1.29, 1.82) is 0 Å². The molecular weight excluding hydrogens is 361 g/mol. The van der Waals surface area contributed by atoms with Gasteiger partial charge >= 0.3 is 0 Å². The van der Waals surface area contributed by atoms with Gasteiger partial charge in [-0.1, -0.05) is 30.1 Å². The molecule has 6 heteroatoms. The maximum absolute atomic E-state index is 12.9. The molecule has 0 aliphatic carbocycles. The summed E-state index contributed by atoms with van der Waals surface area (Å²) in [6, 6.07) is 11.3. The molecule has 3 rings (SSSR count). The van der Waals surface area contributed by atoms with Crippen molar-refractivity contribution in [2.45, 2.75) is 25.4 Å². The van der Waals surface area contributed by atoms with Gasteiger partial charge in [-0.2, -0.15) is 0 Å². The zero-order chi connectivity index (χ0) is 18.2. The lowest BCUT2D eigenvalue weighted by atomic mass is 9.88. The Labute approximate surface area is 156 Å². The van der Waals surface area contributed by atoms with Crippen LogP contribution in [0.4, 0.5) is 5.69 Å². The number of anilines is 1. The minimum Gasteiger partial charge on any atom is -0.375 e. The van der Waals surface area contributed by atoms with Crippen LogP contribution >= 0.6 is 23.2 Å². The standard InChI is InChI=1S/C19H17Cl2NO3/c1-2-9-22-16-8-7-14(21)10-15(16)19(25,18(22)24)11-17(23)12-3-5-13(20)6-4-12/h3-8,10,25H,2,9,11H2,1H3. The Kier molecular flexibility index (Phi) is 4.87. The number of ketones is 1. The molecule has 0 aromatic heterocycles. The number of aliphatic hydroxyl groups is 1. The van der Waals surface area contributed by atoms with Crippen LogP contribution in [0.3, 0.4) is 0 Å². The van der Waals surface area contributed by atoms with Crippen LogP contribution in [-0.4, -0.2) is 23.3 Å². The third kappa shape index (κ3) is 3.17. The van der Waals surface area contributed by atoms with Crippen LogP contribution in [0.15, 0.2) is 42.5 Å². The van der Waals surface area contributed by atoms with Gasteiger partial charge in [0.25, 0.3) is 5.91 Å². The summed E-state index contributed by atoms with van der Waals surface area (Å²) in [7, 11) is 0. The molecule has 0 saturated carbocycles. The van der Waals surface area contributed by atoms with Crippen molar-refractivity contribution in [2.24, 2.45) is 0 Å². The number of Topliss-reactive ketones (excluding diaryl/α,β-unsaturated/α-hetero) is 1. The molecule has 4 nitrogen and oxygen atoms in total. The zero-order valence-corrected chi connectivity index (χ0v) is 15.1. The highest BCUT2D eigenvalue weighted by Gasteiger charge is 2.50. The third-order valence-corrected chi connectivity index (χ3v) is 4.81. The van der Waals surface area contributed by atoms with Crippen molar-refractivity contribution < 1.29 is 14.7 Å². The smallest absolute Gasteiger partial charge is 0.264 e. The Hall–Kier alpha value is -1.88. The van der Waals surface area contributed by atoms with Crippen molar-refractivity contribution >= 4 is 40.6 Å². The van der Waals surface area contributed by atoms with Gasteiger partial charge in [0.05, 0.1) is 12.1 Å². The first-order valence-corrected chi connectivity index (χ1v) is 8.75. The fourth-order valence-corrected chi connectivity index (χ4v) is 3.41. The van der Waals surface area contributed by atoms with Crippen molar-refractivity contribution in [3.63, 3.8) is 0 Å². The molecule has 1 N–H and O–H groups in total. The molecule has 1 heterocycles. The molecule has 0 fully saturated rings. The number of carbonyl (C=O) groups excluding carboxylic acids is 2. The Morgan fingerprint density at radius 2 is 1.76 bits per heavy atom. The lowest BCUT2D eigenvalue weighted by Gasteiger charge is -2.22. The Morgan fingerprint density at radius 1 is 1.12 bits per heavy atom. The molecule has 0 spiro atoms. The first kappa shape index (κ1) is 17.9. The summed E-state index contributed by atoms with van der Waals surface area (Å²) in [5.41, 5.74) is -0.543. The first-order valence-electron chi connectivity index (χ1n) is 8.00. The van der Waals surface area contributed by atoms with E-state index in [4.69, 9.17) is 23.2 Å². The number of rotatable bonds is 5. The second kappa shape index (κ2) is 6.79. The van der Waals surface area contributed by atoms with Crippen LogP contribution < -0.4 is 4.90 Å². The van der Waals surface area contributed by atoms with E-state index in [0.29, 0.717) is 33.4 Å². The number of halogens is 2. The van der Waals surface area contributed by atoms with E-state index in [9.17, 15) is 14.7 Å². The summed E-state index contributed by atoms with van der Waals surface area (Å²) < 4.78 is 0. The van der Waals surface area contributed by atoms with Crippen LogP contribution in [-0.2, 0) is 10.4 Å². The maximum atomic E-state index is 12.9. The average molecular weight is 378 g/mol. The van der Waals surface area contributed by atoms with Crippen LogP contribution in [0.2, 0.25) is 10.0 Å². The minimum absolute atomic E-state index is 0.336. The normalized spacial score (nSPS) is 19.2. The molecule has 0 radical (unpaired) electrons. The van der Waals surface area contributed by atoms with Crippen molar-refractivity contribution in [3.8, 4) is 0 Å². The first-order chi connectivity index (χ1) is 11.9. The van der Waals surface area contributed by atoms with Gasteiger partial charge < -0.3 is 10.0 Å². The van der Waals surface area contributed by atoms with E-state index in [1.807, 2.05) is 6.92 Å². The zero-order valence-electron chi connectivity index (χ0n) is 13.6. The number of carbonyl (C=O) groups is 2. The summed E-state index contributed by atoms with van der Waals surface area (Å²) in [6.07, 6.45) is 0.385. The molecule has 1 amide bonds. The Bertz CT molecular complexity index is 835. The molecule has 0 saturated heterocycles. The summed E-state index contributed by atoms with van der Waals surface area (Å²) >= 11 is 11.9. The van der Waals surface area contributed by atoms with Gasteiger partial charge in [0.2, 0.25) is 0 Å². The number of hydrogen-bond donors (Lipinski definition) is 1. The van der Waals surface area contributed by atoms with Gasteiger partial charge in [-0.3, -0.25) is 9.59 Å². The maximum Gasteiger partial charge on any atom is 0.264 e. The van der Waals surface area contributed by atoms with Gasteiger partial charge in [-0.15, -0.1) is 0 Å². The van der Waals surface area contributed by atoms with Crippen LogP contribution in [0, 0.1) is 0 Å². The van der Waals surface area contributed by atoms with Crippen molar-refractivity contribution in [2.75, 3.05) is 11.4 Å². The van der Waals surface area contributed by atoms with Gasteiger partial charge in [0.15, 0.2) is 11.4 Å². The highest BCUT2D eigenvalue weighted by atomic mass is 35.5. The number of amides is 1. The van der Waals surface area contributed by atoms with E-state index in [0.717, 1.165) is 6.42 Å². The number of hydrogen-bond acceptors (Lipinski definition) is 3. The van der Waals surface area contributed by atoms with E-state index >= 15 is 0 Å². The molecule has 2 aromatic carbocycles. The number of benzene rings is 2. The second-order valence-corrected chi connectivity index (χ2v) is 6.96. The van der Waals surface area contributed by atoms with Crippen LogP contribution in [0.25, 0.3) is 0 Å². The fourth-order valence-electron chi connectivity index (χ4n) is 3.11. The lowest BCUT2D eigenvalue weighted by molar-refractivity contribution is -0.135. The average Bonchev–Trinajstić information content (AvgIpc) is 2.77. The number of fused-ring (bicyclic) bond motifs is 1. The molecule has 130 valence electrons. The predicted molar refractivity (Wildman–Crippen MR) is 98.4 cm³/mol. The van der Waals surface area contributed by atoms with Crippen LogP contribution in [0.5, 0.6) is 0 Å². The van der Waals surface area contributed by atoms with Gasteiger partial charge in [0.1, 0.15) is 0 Å². The summed E-state index contributed by atoms with van der Waals surface area (Å²) in [6.45, 7) is 2.41. The highest BCUT2D eigenvalue weighted by Crippen LogP contribution is 2.44. The fraction of sp³-hybridized carbons (Fsp3) is 0.263. The van der Waals surface area contributed by atoms with E-state index in [-0.39, 0.29) is 12.2 Å². The van der Waals surface area contributed by atoms with E-state index < -0.39 is 11.5 Å². The summed E-state index contributed by atoms with van der Waals surface area (Å²) in [5.74, 6) is -0.828. The molecular formula is C19H17Cl2NO3. The monoisotopic (exact) mass is 377 g/mol. The van der Waals surface area contributed by atoms with E-state index in [1.165, 1.54) is 4.90 Å². The molecule has 1 atom stereocenters. The van der Waals surface area contributed by atoms with Crippen molar-refractivity contribution in [1.82, 2.24) is 0 Å². The lowest BCUT2D eigenvalue weighted by Crippen LogP contribution is -2.42. The third-order valence-electron chi connectivity index (χ3n) is 4.32. The van der Waals surface area contributed by atoms with E-state index in [1.54, 1.807) is 42.5 Å². The molecule has 1 aliphatic rings. The van der Waals surface area contributed by atoms with Gasteiger partial charge in [0, 0.05) is 27.7 Å². The summed E-state index contributed by atoms with van der Waals surface area (Å²) in [4.78, 5) is 27.0. The Morgan fingerprint density at radius 3 is 2.40 bits per heavy atom. The molecule has 1 unspecified atom stereocenters. The minimum atomic E-state index is -1.91. The van der Waals surface area contributed by atoms with Crippen molar-refractivity contribution in [3.05, 3.63) is 63.6 Å². The largest absolute Gasteiger partial charge is 0.375 e.